The minimum atomic E-state index is -0.200. The van der Waals surface area contributed by atoms with Crippen LogP contribution in [0.2, 0.25) is 0 Å². The van der Waals surface area contributed by atoms with Crippen LogP contribution < -0.4 is 5.32 Å². The molecule has 0 aliphatic carbocycles. The van der Waals surface area contributed by atoms with Gasteiger partial charge in [0.1, 0.15) is 0 Å². The first-order valence-corrected chi connectivity index (χ1v) is 5.55. The van der Waals surface area contributed by atoms with Gasteiger partial charge in [-0.05, 0) is 46.8 Å². The second-order valence-electron chi connectivity index (χ2n) is 4.03. The number of methoxy groups -OCH3 is 1. The van der Waals surface area contributed by atoms with Crippen LogP contribution in [0.4, 0.5) is 0 Å². The number of carbonyl (C=O) groups is 1. The van der Waals surface area contributed by atoms with Crippen LogP contribution in [-0.2, 0) is 9.53 Å². The topological polar surface area (TPSA) is 41.6 Å². The van der Waals surface area contributed by atoms with Crippen LogP contribution in [0.5, 0.6) is 0 Å². The molecule has 0 atom stereocenters. The summed E-state index contributed by atoms with van der Waals surface area (Å²) >= 11 is 0. The van der Waals surface area contributed by atoms with Gasteiger partial charge in [-0.3, -0.25) is 4.79 Å². The average Bonchev–Trinajstić information content (AvgIpc) is 2.22. The predicted molar refractivity (Wildman–Crippen MR) is 61.9 cm³/mol. The first-order chi connectivity index (χ1) is 7.07. The van der Waals surface area contributed by atoms with Crippen molar-refractivity contribution in [3.8, 4) is 0 Å². The Hall–Kier alpha value is -0.610. The van der Waals surface area contributed by atoms with Gasteiger partial charge >= 0.3 is 5.97 Å². The molecule has 0 unspecified atom stereocenters. The summed E-state index contributed by atoms with van der Waals surface area (Å²) in [5, 5.41) is 3.05. The Kier molecular flexibility index (Phi) is 8.33. The fraction of sp³-hybridized carbons (Fsp3) is 0.909. The number of carbonyl (C=O) groups excluding carboxylic acids is 1. The van der Waals surface area contributed by atoms with E-state index in [1.165, 1.54) is 7.11 Å². The zero-order valence-electron chi connectivity index (χ0n) is 10.4. The molecule has 0 spiro atoms. The van der Waals surface area contributed by atoms with Gasteiger partial charge in [-0.1, -0.05) is 0 Å². The smallest absolute Gasteiger partial charge is 0.319 e. The van der Waals surface area contributed by atoms with E-state index in [9.17, 15) is 4.79 Å². The maximum atomic E-state index is 10.7. The van der Waals surface area contributed by atoms with Crippen LogP contribution in [0.25, 0.3) is 0 Å². The zero-order valence-corrected chi connectivity index (χ0v) is 10.4. The summed E-state index contributed by atoms with van der Waals surface area (Å²) in [6, 6.07) is 0.605. The molecule has 0 aliphatic heterocycles. The van der Waals surface area contributed by atoms with Gasteiger partial charge in [-0.15, -0.1) is 0 Å². The molecule has 4 nitrogen and oxygen atoms in total. The number of unbranched alkanes of at least 4 members (excludes halogenated alkanes) is 1. The Morgan fingerprint density at radius 3 is 2.60 bits per heavy atom. The Balaban J connectivity index is 3.22. The van der Waals surface area contributed by atoms with E-state index >= 15 is 0 Å². The van der Waals surface area contributed by atoms with Crippen molar-refractivity contribution in [2.75, 3.05) is 33.8 Å². The van der Waals surface area contributed by atoms with E-state index in [1.807, 2.05) is 0 Å². The van der Waals surface area contributed by atoms with Crippen LogP contribution in [0.1, 0.15) is 26.7 Å². The van der Waals surface area contributed by atoms with Crippen molar-refractivity contribution in [3.63, 3.8) is 0 Å². The van der Waals surface area contributed by atoms with Crippen molar-refractivity contribution in [2.45, 2.75) is 32.7 Å². The number of esters is 1. The fourth-order valence-corrected chi connectivity index (χ4v) is 1.13. The molecule has 90 valence electrons. The van der Waals surface area contributed by atoms with Gasteiger partial charge in [0.2, 0.25) is 0 Å². The maximum Gasteiger partial charge on any atom is 0.319 e. The summed E-state index contributed by atoms with van der Waals surface area (Å²) in [6.45, 7) is 6.68. The molecule has 0 fully saturated rings. The van der Waals surface area contributed by atoms with Gasteiger partial charge in [0, 0.05) is 6.04 Å². The van der Waals surface area contributed by atoms with Gasteiger partial charge in [-0.2, -0.15) is 0 Å². The van der Waals surface area contributed by atoms with Gasteiger partial charge in [0.15, 0.2) is 0 Å². The molecule has 0 radical (unpaired) electrons. The molecule has 0 aromatic heterocycles. The van der Waals surface area contributed by atoms with Crippen LogP contribution >= 0.6 is 0 Å². The first kappa shape index (κ1) is 14.4. The standard InChI is InChI=1S/C11H24N2O2/c1-10(2)13(3)8-6-5-7-12-9-11(14)15-4/h10,12H,5-9H2,1-4H3. The van der Waals surface area contributed by atoms with E-state index in [1.54, 1.807) is 0 Å². The van der Waals surface area contributed by atoms with Crippen LogP contribution in [0.15, 0.2) is 0 Å². The van der Waals surface area contributed by atoms with Crippen LogP contribution in [0, 0.1) is 0 Å². The number of nitrogens with zero attached hydrogens (tertiary/aromatic N) is 1. The maximum absolute atomic E-state index is 10.7. The lowest BCUT2D eigenvalue weighted by Gasteiger charge is -2.20. The summed E-state index contributed by atoms with van der Waals surface area (Å²) in [6.07, 6.45) is 2.25. The molecular weight excluding hydrogens is 192 g/mol. The molecule has 0 saturated heterocycles. The zero-order chi connectivity index (χ0) is 11.7. The second-order valence-corrected chi connectivity index (χ2v) is 4.03. The molecule has 0 heterocycles. The van der Waals surface area contributed by atoms with E-state index in [2.05, 4.69) is 35.8 Å². The number of hydrogen-bond acceptors (Lipinski definition) is 4. The van der Waals surface area contributed by atoms with Gasteiger partial charge in [0.05, 0.1) is 13.7 Å². The van der Waals surface area contributed by atoms with Crippen LogP contribution in [-0.4, -0.2) is 50.7 Å². The van der Waals surface area contributed by atoms with E-state index in [-0.39, 0.29) is 5.97 Å². The quantitative estimate of drug-likeness (QED) is 0.483. The molecule has 15 heavy (non-hydrogen) atoms. The third-order valence-corrected chi connectivity index (χ3v) is 2.49. The number of nitrogens with one attached hydrogen (secondary N) is 1. The molecule has 0 aromatic carbocycles. The van der Waals surface area contributed by atoms with Crippen molar-refractivity contribution in [3.05, 3.63) is 0 Å². The van der Waals surface area contributed by atoms with Crippen molar-refractivity contribution in [1.29, 1.82) is 0 Å². The first-order valence-electron chi connectivity index (χ1n) is 5.55. The normalized spacial score (nSPS) is 11.1. The van der Waals surface area contributed by atoms with Crippen molar-refractivity contribution in [1.82, 2.24) is 10.2 Å². The van der Waals surface area contributed by atoms with Crippen molar-refractivity contribution >= 4 is 5.97 Å². The monoisotopic (exact) mass is 216 g/mol. The Bertz CT molecular complexity index is 172. The third kappa shape index (κ3) is 8.39. The van der Waals surface area contributed by atoms with Gasteiger partial charge < -0.3 is 15.0 Å². The molecule has 0 aromatic rings. The van der Waals surface area contributed by atoms with Crippen molar-refractivity contribution in [2.24, 2.45) is 0 Å². The van der Waals surface area contributed by atoms with Crippen molar-refractivity contribution < 1.29 is 9.53 Å². The SMILES string of the molecule is COC(=O)CNCCCCN(C)C(C)C. The highest BCUT2D eigenvalue weighted by Crippen LogP contribution is 1.96. The van der Waals surface area contributed by atoms with E-state index in [0.29, 0.717) is 12.6 Å². The molecule has 0 amide bonds. The number of hydrogen-bond donors (Lipinski definition) is 1. The third-order valence-electron chi connectivity index (χ3n) is 2.49. The van der Waals surface area contributed by atoms with E-state index < -0.39 is 0 Å². The van der Waals surface area contributed by atoms with Crippen LogP contribution in [0.3, 0.4) is 0 Å². The average molecular weight is 216 g/mol. The predicted octanol–water partition coefficient (Wildman–Crippen LogP) is 0.869. The summed E-state index contributed by atoms with van der Waals surface area (Å²) in [7, 11) is 3.54. The second kappa shape index (κ2) is 8.68. The molecule has 0 rings (SSSR count). The highest BCUT2D eigenvalue weighted by Gasteiger charge is 2.02. The highest BCUT2D eigenvalue weighted by molar-refractivity contribution is 5.71. The molecule has 4 heteroatoms. The molecule has 0 aliphatic rings. The fourth-order valence-electron chi connectivity index (χ4n) is 1.13. The largest absolute Gasteiger partial charge is 0.468 e. The van der Waals surface area contributed by atoms with Gasteiger partial charge in [0.25, 0.3) is 0 Å². The van der Waals surface area contributed by atoms with E-state index in [4.69, 9.17) is 0 Å². The minimum Gasteiger partial charge on any atom is -0.468 e. The number of ether oxygens (including phenoxy) is 1. The Labute approximate surface area is 93.0 Å². The Morgan fingerprint density at radius 1 is 1.40 bits per heavy atom. The highest BCUT2D eigenvalue weighted by atomic mass is 16.5. The lowest BCUT2D eigenvalue weighted by Crippen LogP contribution is -2.28. The number of rotatable bonds is 8. The molecule has 0 saturated carbocycles. The lowest BCUT2D eigenvalue weighted by atomic mass is 10.2. The summed E-state index contributed by atoms with van der Waals surface area (Å²) < 4.78 is 4.52. The van der Waals surface area contributed by atoms with E-state index in [0.717, 1.165) is 25.9 Å². The summed E-state index contributed by atoms with van der Waals surface area (Å²) in [4.78, 5) is 13.1. The Morgan fingerprint density at radius 2 is 2.07 bits per heavy atom. The lowest BCUT2D eigenvalue weighted by molar-refractivity contribution is -0.139. The summed E-state index contributed by atoms with van der Waals surface area (Å²) in [5.41, 5.74) is 0. The molecule has 0 bridgehead atoms. The van der Waals surface area contributed by atoms with Gasteiger partial charge in [-0.25, -0.2) is 0 Å². The molecular formula is C11H24N2O2. The minimum absolute atomic E-state index is 0.200. The molecule has 1 N–H and O–H groups in total. The summed E-state index contributed by atoms with van der Waals surface area (Å²) in [5.74, 6) is -0.200.